The van der Waals surface area contributed by atoms with E-state index in [1.165, 1.54) is 6.07 Å². The molecule has 1 aromatic carbocycles. The molecule has 1 saturated heterocycles. The van der Waals surface area contributed by atoms with E-state index in [0.717, 1.165) is 0 Å². The number of halogens is 5. The first kappa shape index (κ1) is 18.5. The van der Waals surface area contributed by atoms with E-state index in [1.54, 1.807) is 12.1 Å². The standard InChI is InChI=1S/C13H16BrF3N2O.ClH/c14-10-7-9(1-2-12(10)20)11(8-13(15,16)17)19-5-3-18-4-6-19;/h1-2,7,11,18,20H,3-6,8H2;1H/t11-;/m0./s1. The van der Waals surface area contributed by atoms with Gasteiger partial charge in [-0.1, -0.05) is 6.07 Å². The Bertz CT molecular complexity index is 467. The summed E-state index contributed by atoms with van der Waals surface area (Å²) in [5, 5.41) is 12.6. The second-order valence-electron chi connectivity index (χ2n) is 4.83. The van der Waals surface area contributed by atoms with Crippen LogP contribution in [0.15, 0.2) is 22.7 Å². The van der Waals surface area contributed by atoms with E-state index in [-0.39, 0.29) is 18.2 Å². The monoisotopic (exact) mass is 388 g/mol. The lowest BCUT2D eigenvalue weighted by Gasteiger charge is -2.35. The maximum absolute atomic E-state index is 12.8. The number of rotatable bonds is 3. The van der Waals surface area contributed by atoms with E-state index in [4.69, 9.17) is 0 Å². The highest BCUT2D eigenvalue weighted by Gasteiger charge is 2.36. The van der Waals surface area contributed by atoms with Crippen LogP contribution in [0.1, 0.15) is 18.0 Å². The van der Waals surface area contributed by atoms with Crippen LogP contribution in [-0.2, 0) is 0 Å². The van der Waals surface area contributed by atoms with Gasteiger partial charge in [0.1, 0.15) is 5.75 Å². The van der Waals surface area contributed by atoms with Gasteiger partial charge < -0.3 is 10.4 Å². The van der Waals surface area contributed by atoms with E-state index < -0.39 is 18.6 Å². The maximum Gasteiger partial charge on any atom is 0.390 e. The van der Waals surface area contributed by atoms with Crippen molar-refractivity contribution < 1.29 is 18.3 Å². The third-order valence-electron chi connectivity index (χ3n) is 3.37. The number of benzene rings is 1. The summed E-state index contributed by atoms with van der Waals surface area (Å²) in [6, 6.07) is 3.83. The van der Waals surface area contributed by atoms with Gasteiger partial charge >= 0.3 is 6.18 Å². The number of aromatic hydroxyl groups is 1. The number of nitrogens with one attached hydrogen (secondary N) is 1. The highest BCUT2D eigenvalue weighted by atomic mass is 79.9. The lowest BCUT2D eigenvalue weighted by Crippen LogP contribution is -2.46. The van der Waals surface area contributed by atoms with Crippen LogP contribution in [0.3, 0.4) is 0 Å². The predicted molar refractivity (Wildman–Crippen MR) is 80.9 cm³/mol. The van der Waals surface area contributed by atoms with Crippen molar-refractivity contribution >= 4 is 28.3 Å². The van der Waals surface area contributed by atoms with Crippen molar-refractivity contribution in [2.24, 2.45) is 0 Å². The molecule has 1 aliphatic rings. The molecule has 2 N–H and O–H groups in total. The summed E-state index contributed by atoms with van der Waals surface area (Å²) in [7, 11) is 0. The predicted octanol–water partition coefficient (Wildman–Crippen LogP) is 3.48. The van der Waals surface area contributed by atoms with Gasteiger partial charge in [-0.05, 0) is 33.6 Å². The Labute approximate surface area is 136 Å². The minimum atomic E-state index is -4.22. The van der Waals surface area contributed by atoms with Gasteiger partial charge in [-0.3, -0.25) is 4.90 Å². The van der Waals surface area contributed by atoms with Crippen molar-refractivity contribution in [3.05, 3.63) is 28.2 Å². The molecule has 1 aromatic rings. The molecule has 1 aliphatic heterocycles. The number of hydrogen-bond donors (Lipinski definition) is 2. The molecule has 0 bridgehead atoms. The average Bonchev–Trinajstić information content (AvgIpc) is 2.39. The molecule has 0 spiro atoms. The lowest BCUT2D eigenvalue weighted by atomic mass is 10.0. The summed E-state index contributed by atoms with van der Waals surface area (Å²) >= 11 is 3.16. The van der Waals surface area contributed by atoms with Gasteiger partial charge in [-0.2, -0.15) is 13.2 Å². The molecule has 0 aliphatic carbocycles. The molecule has 2 rings (SSSR count). The summed E-state index contributed by atoms with van der Waals surface area (Å²) in [4.78, 5) is 1.84. The zero-order valence-electron chi connectivity index (χ0n) is 11.2. The summed E-state index contributed by atoms with van der Waals surface area (Å²) in [5.41, 5.74) is 0.564. The zero-order chi connectivity index (χ0) is 14.8. The van der Waals surface area contributed by atoms with E-state index in [1.807, 2.05) is 4.90 Å². The molecule has 1 heterocycles. The minimum Gasteiger partial charge on any atom is -0.507 e. The molecule has 21 heavy (non-hydrogen) atoms. The fraction of sp³-hybridized carbons (Fsp3) is 0.538. The molecular formula is C13H17BrClF3N2O. The Balaban J connectivity index is 0.00000220. The van der Waals surface area contributed by atoms with Gasteiger partial charge in [0.25, 0.3) is 0 Å². The van der Waals surface area contributed by atoms with Crippen LogP contribution in [0, 0.1) is 0 Å². The molecule has 8 heteroatoms. The van der Waals surface area contributed by atoms with Crippen molar-refractivity contribution in [2.75, 3.05) is 26.2 Å². The highest BCUT2D eigenvalue weighted by Crippen LogP contribution is 2.36. The summed E-state index contributed by atoms with van der Waals surface area (Å²) < 4.78 is 38.9. The average molecular weight is 390 g/mol. The van der Waals surface area contributed by atoms with Crippen LogP contribution in [0.2, 0.25) is 0 Å². The maximum atomic E-state index is 12.8. The Morgan fingerprint density at radius 2 is 1.90 bits per heavy atom. The SMILES string of the molecule is Cl.Oc1ccc([C@H](CC(F)(F)F)N2CCNCC2)cc1Br. The molecule has 0 saturated carbocycles. The van der Waals surface area contributed by atoms with Crippen molar-refractivity contribution in [3.8, 4) is 5.75 Å². The van der Waals surface area contributed by atoms with Gasteiger partial charge in [-0.15, -0.1) is 12.4 Å². The second-order valence-corrected chi connectivity index (χ2v) is 5.69. The fourth-order valence-corrected chi connectivity index (χ4v) is 2.80. The first-order valence-electron chi connectivity index (χ1n) is 6.37. The number of phenolic OH excluding ortho intramolecular Hbond substituents is 1. The van der Waals surface area contributed by atoms with Crippen LogP contribution < -0.4 is 5.32 Å². The van der Waals surface area contributed by atoms with Gasteiger partial charge in [0.15, 0.2) is 0 Å². The Morgan fingerprint density at radius 3 is 2.43 bits per heavy atom. The molecule has 1 atom stereocenters. The van der Waals surface area contributed by atoms with Crippen molar-refractivity contribution in [3.63, 3.8) is 0 Å². The number of piperazine rings is 1. The van der Waals surface area contributed by atoms with Crippen LogP contribution in [0.5, 0.6) is 5.75 Å². The van der Waals surface area contributed by atoms with E-state index in [2.05, 4.69) is 21.2 Å². The largest absolute Gasteiger partial charge is 0.507 e. The third-order valence-corrected chi connectivity index (χ3v) is 4.01. The quantitative estimate of drug-likeness (QED) is 0.831. The molecule has 3 nitrogen and oxygen atoms in total. The van der Waals surface area contributed by atoms with E-state index >= 15 is 0 Å². The lowest BCUT2D eigenvalue weighted by molar-refractivity contribution is -0.148. The summed E-state index contributed by atoms with van der Waals surface area (Å²) in [6.45, 7) is 2.54. The van der Waals surface area contributed by atoms with Gasteiger partial charge in [-0.25, -0.2) is 0 Å². The number of nitrogens with zero attached hydrogens (tertiary/aromatic N) is 1. The van der Waals surface area contributed by atoms with Crippen molar-refractivity contribution in [2.45, 2.75) is 18.6 Å². The van der Waals surface area contributed by atoms with Crippen LogP contribution in [0.4, 0.5) is 13.2 Å². The minimum absolute atomic E-state index is 0. The molecule has 0 aromatic heterocycles. The zero-order valence-corrected chi connectivity index (χ0v) is 13.6. The molecule has 1 fully saturated rings. The fourth-order valence-electron chi connectivity index (χ4n) is 2.40. The first-order valence-corrected chi connectivity index (χ1v) is 7.16. The molecular weight excluding hydrogens is 373 g/mol. The van der Waals surface area contributed by atoms with Crippen LogP contribution in [-0.4, -0.2) is 42.4 Å². The van der Waals surface area contributed by atoms with Crippen molar-refractivity contribution in [1.82, 2.24) is 10.2 Å². The third kappa shape index (κ3) is 5.32. The molecule has 0 amide bonds. The Hall–Kier alpha value is -0.500. The molecule has 0 radical (unpaired) electrons. The van der Waals surface area contributed by atoms with E-state index in [9.17, 15) is 18.3 Å². The van der Waals surface area contributed by atoms with Crippen LogP contribution >= 0.6 is 28.3 Å². The Morgan fingerprint density at radius 1 is 1.29 bits per heavy atom. The van der Waals surface area contributed by atoms with Crippen molar-refractivity contribution in [1.29, 1.82) is 0 Å². The van der Waals surface area contributed by atoms with E-state index in [0.29, 0.717) is 36.2 Å². The first-order chi connectivity index (χ1) is 9.37. The second kappa shape index (κ2) is 7.67. The van der Waals surface area contributed by atoms with Gasteiger partial charge in [0.05, 0.1) is 10.9 Å². The number of alkyl halides is 3. The summed E-state index contributed by atoms with van der Waals surface area (Å²) in [5.74, 6) is 0.0276. The Kier molecular flexibility index (Phi) is 6.77. The number of hydrogen-bond acceptors (Lipinski definition) is 3. The number of phenols is 1. The van der Waals surface area contributed by atoms with Crippen LogP contribution in [0.25, 0.3) is 0 Å². The molecule has 120 valence electrons. The van der Waals surface area contributed by atoms with Gasteiger partial charge in [0.2, 0.25) is 0 Å². The topological polar surface area (TPSA) is 35.5 Å². The summed E-state index contributed by atoms with van der Waals surface area (Å²) in [6.07, 6.45) is -5.11. The normalized spacial score (nSPS) is 18.1. The highest BCUT2D eigenvalue weighted by molar-refractivity contribution is 9.10. The van der Waals surface area contributed by atoms with Gasteiger partial charge in [0, 0.05) is 32.2 Å². The smallest absolute Gasteiger partial charge is 0.390 e. The molecule has 0 unspecified atom stereocenters.